The third kappa shape index (κ3) is 5.33. The van der Waals surface area contributed by atoms with E-state index in [9.17, 15) is 9.59 Å². The van der Waals surface area contributed by atoms with Gasteiger partial charge in [-0.25, -0.2) is 9.48 Å². The van der Waals surface area contributed by atoms with E-state index in [1.165, 1.54) is 0 Å². The minimum Gasteiger partial charge on any atom is -0.449 e. The fraction of sp³-hybridized carbons (Fsp3) is 0.704. The number of nitriles is 1. The van der Waals surface area contributed by atoms with Gasteiger partial charge in [-0.05, 0) is 55.3 Å². The normalized spacial score (nSPS) is 30.9. The minimum absolute atomic E-state index is 0.00235. The Morgan fingerprint density at radius 2 is 2.00 bits per heavy atom. The van der Waals surface area contributed by atoms with Crippen molar-refractivity contribution in [2.24, 2.45) is 34.3 Å². The van der Waals surface area contributed by atoms with Crippen LogP contribution in [0.25, 0.3) is 6.20 Å². The molecule has 2 atom stereocenters. The van der Waals surface area contributed by atoms with Crippen molar-refractivity contribution in [2.45, 2.75) is 58.4 Å². The number of aromatic nitrogens is 2. The van der Waals surface area contributed by atoms with Crippen molar-refractivity contribution in [3.63, 3.8) is 0 Å². The summed E-state index contributed by atoms with van der Waals surface area (Å²) in [7, 11) is 0. The summed E-state index contributed by atoms with van der Waals surface area (Å²) in [6.45, 7) is 6.95. The lowest BCUT2D eigenvalue weighted by Crippen LogP contribution is -2.60. The number of anilines is 1. The molecule has 1 aliphatic heterocycles. The second-order valence-corrected chi connectivity index (χ2v) is 12.1. The number of morpholine rings is 1. The topological polar surface area (TPSA) is 136 Å². The van der Waals surface area contributed by atoms with E-state index < -0.39 is 6.09 Å². The van der Waals surface area contributed by atoms with Gasteiger partial charge in [0.1, 0.15) is 11.4 Å². The van der Waals surface area contributed by atoms with Crippen LogP contribution in [0.4, 0.5) is 10.6 Å². The maximum absolute atomic E-state index is 13.7. The maximum atomic E-state index is 13.7. The van der Waals surface area contributed by atoms with Gasteiger partial charge in [-0.3, -0.25) is 4.79 Å². The molecule has 10 heteroatoms. The van der Waals surface area contributed by atoms with Crippen molar-refractivity contribution >= 4 is 24.0 Å². The van der Waals surface area contributed by atoms with Crippen molar-refractivity contribution in [1.82, 2.24) is 15.1 Å². The molecule has 10 nitrogen and oxygen atoms in total. The van der Waals surface area contributed by atoms with Gasteiger partial charge in [-0.1, -0.05) is 19.9 Å². The summed E-state index contributed by atoms with van der Waals surface area (Å²) in [5.41, 5.74) is 5.51. The predicted molar refractivity (Wildman–Crippen MR) is 137 cm³/mol. The summed E-state index contributed by atoms with van der Waals surface area (Å²) in [4.78, 5) is 27.2. The lowest BCUT2D eigenvalue weighted by Gasteiger charge is -2.59. The summed E-state index contributed by atoms with van der Waals surface area (Å²) in [6.07, 6.45) is 10.4. The molecule has 200 valence electrons. The van der Waals surface area contributed by atoms with E-state index in [1.54, 1.807) is 10.9 Å². The third-order valence-electron chi connectivity index (χ3n) is 8.74. The molecule has 2 unspecified atom stereocenters. The van der Waals surface area contributed by atoms with Gasteiger partial charge < -0.3 is 25.4 Å². The monoisotopic (exact) mass is 510 g/mol. The summed E-state index contributed by atoms with van der Waals surface area (Å²) >= 11 is 0. The van der Waals surface area contributed by atoms with Gasteiger partial charge in [0.15, 0.2) is 0 Å². The zero-order valence-corrected chi connectivity index (χ0v) is 21.8. The van der Waals surface area contributed by atoms with Gasteiger partial charge in [-0.15, -0.1) is 0 Å². The quantitative estimate of drug-likeness (QED) is 0.548. The molecule has 6 rings (SSSR count). The molecule has 37 heavy (non-hydrogen) atoms. The molecule has 5 fully saturated rings. The Morgan fingerprint density at radius 1 is 1.30 bits per heavy atom. The number of carbonyl (C=O) groups is 2. The van der Waals surface area contributed by atoms with Crippen molar-refractivity contribution < 1.29 is 19.1 Å². The molecule has 2 amide bonds. The average Bonchev–Trinajstić information content (AvgIpc) is 3.28. The van der Waals surface area contributed by atoms with E-state index in [0.717, 1.165) is 37.9 Å². The highest BCUT2D eigenvalue weighted by atomic mass is 16.5. The molecule has 3 N–H and O–H groups in total. The molecule has 0 radical (unpaired) electrons. The van der Waals surface area contributed by atoms with Gasteiger partial charge in [0.25, 0.3) is 5.91 Å². The van der Waals surface area contributed by atoms with Crippen LogP contribution in [0.1, 0.15) is 62.7 Å². The van der Waals surface area contributed by atoms with Crippen molar-refractivity contribution in [3.8, 4) is 6.07 Å². The number of nitrogens with two attached hydrogens (primary N) is 1. The molecule has 0 spiro atoms. The van der Waals surface area contributed by atoms with E-state index in [1.807, 2.05) is 26.1 Å². The summed E-state index contributed by atoms with van der Waals surface area (Å²) in [5.74, 6) is 2.04. The molecule has 0 aromatic carbocycles. The Labute approximate surface area is 218 Å². The van der Waals surface area contributed by atoms with Crippen LogP contribution in [-0.2, 0) is 9.47 Å². The number of hydrogen-bond donors (Lipinski definition) is 2. The van der Waals surface area contributed by atoms with E-state index in [4.69, 9.17) is 20.5 Å². The van der Waals surface area contributed by atoms with Crippen molar-refractivity contribution in [1.29, 1.82) is 5.26 Å². The molecule has 4 aliphatic carbocycles. The molecule has 1 aromatic heterocycles. The number of amides is 2. The second kappa shape index (κ2) is 10.0. The molecule has 2 heterocycles. The Morgan fingerprint density at radius 3 is 2.65 bits per heavy atom. The first kappa shape index (κ1) is 25.6. The van der Waals surface area contributed by atoms with Crippen molar-refractivity contribution in [3.05, 3.63) is 17.8 Å². The highest BCUT2D eigenvalue weighted by molar-refractivity contribution is 5.99. The summed E-state index contributed by atoms with van der Waals surface area (Å²) in [5, 5.41) is 17.1. The largest absolute Gasteiger partial charge is 0.449 e. The summed E-state index contributed by atoms with van der Waals surface area (Å²) in [6, 6.07) is 2.34. The first-order chi connectivity index (χ1) is 17.7. The predicted octanol–water partition coefficient (Wildman–Crippen LogP) is 3.15. The van der Waals surface area contributed by atoms with Crippen LogP contribution >= 0.6 is 0 Å². The molecule has 4 bridgehead atoms. The van der Waals surface area contributed by atoms with E-state index in [-0.39, 0.29) is 22.8 Å². The van der Waals surface area contributed by atoms with E-state index in [0.29, 0.717) is 62.6 Å². The highest BCUT2D eigenvalue weighted by Gasteiger charge is 2.56. The van der Waals surface area contributed by atoms with Crippen LogP contribution in [-0.4, -0.2) is 60.7 Å². The van der Waals surface area contributed by atoms with Crippen LogP contribution in [0.2, 0.25) is 0 Å². The maximum Gasteiger partial charge on any atom is 0.404 e. The van der Waals surface area contributed by atoms with Crippen LogP contribution in [0.5, 0.6) is 0 Å². The molecular weight excluding hydrogens is 472 g/mol. The number of carbonyl (C=O) groups excluding carboxylic acids is 2. The lowest BCUT2D eigenvalue weighted by molar-refractivity contribution is -0.0977. The Balaban J connectivity index is 1.35. The average molecular weight is 511 g/mol. The number of allylic oxidation sites excluding steroid dienone is 1. The number of hydrogen-bond acceptors (Lipinski definition) is 7. The molecular formula is C27H38N6O4. The van der Waals surface area contributed by atoms with Gasteiger partial charge in [0, 0.05) is 37.2 Å². The Kier molecular flexibility index (Phi) is 6.92. The van der Waals surface area contributed by atoms with E-state index >= 15 is 0 Å². The van der Waals surface area contributed by atoms with Crippen LogP contribution in [0.15, 0.2) is 12.3 Å². The molecule has 1 aromatic rings. The number of nitrogens with one attached hydrogen (secondary N) is 1. The Bertz CT molecular complexity index is 1080. The van der Waals surface area contributed by atoms with Gasteiger partial charge >= 0.3 is 6.09 Å². The smallest absolute Gasteiger partial charge is 0.404 e. The Hall–Kier alpha value is -3.06. The molecule has 4 saturated carbocycles. The first-order valence-corrected chi connectivity index (χ1v) is 13.4. The number of nitrogens with zero attached hydrogens (tertiary/aromatic N) is 4. The lowest BCUT2D eigenvalue weighted by atomic mass is 9.48. The molecule has 1 saturated heterocycles. The minimum atomic E-state index is -0.710. The number of primary amides is 1. The standard InChI is InChI=1S/C27H38N6O4/c1-26(2,3-5-28)4-6-33-24(32-7-9-36-10-8-32)21(16-30-33)23(34)31-22-19-11-18-12-20(22)15-27(13-18,14-19)17-37-25(29)35/h4,6,16,18-20,22H,3,7-15,17H2,1-2H3,(H2,29,35)(H,31,34)/b6-4+. The fourth-order valence-electron chi connectivity index (χ4n) is 7.31. The number of rotatable bonds is 8. The fourth-order valence-corrected chi connectivity index (χ4v) is 7.31. The van der Waals surface area contributed by atoms with Crippen LogP contribution in [0.3, 0.4) is 0 Å². The summed E-state index contributed by atoms with van der Waals surface area (Å²) < 4.78 is 12.6. The van der Waals surface area contributed by atoms with Gasteiger partial charge in [-0.2, -0.15) is 10.4 Å². The SMILES string of the molecule is CC(C)(/C=C/n1ncc(C(=O)NC2C3CC4CC2CC(COC(N)=O)(C4)C3)c1N1CCOCC1)CC#N. The third-order valence-corrected chi connectivity index (χ3v) is 8.74. The van der Waals surface area contributed by atoms with Gasteiger partial charge in [0.2, 0.25) is 0 Å². The van der Waals surface area contributed by atoms with Crippen LogP contribution in [0, 0.1) is 39.9 Å². The van der Waals surface area contributed by atoms with Crippen LogP contribution < -0.4 is 16.0 Å². The molecule has 5 aliphatic rings. The zero-order chi connectivity index (χ0) is 26.2. The second-order valence-electron chi connectivity index (χ2n) is 12.1. The highest BCUT2D eigenvalue weighted by Crippen LogP contribution is 2.60. The number of ether oxygens (including phenoxy) is 2. The van der Waals surface area contributed by atoms with Crippen molar-refractivity contribution in [2.75, 3.05) is 37.8 Å². The van der Waals surface area contributed by atoms with E-state index in [2.05, 4.69) is 21.4 Å². The first-order valence-electron chi connectivity index (χ1n) is 13.4. The zero-order valence-electron chi connectivity index (χ0n) is 21.8. The van der Waals surface area contributed by atoms with Gasteiger partial charge in [0.05, 0.1) is 32.1 Å².